The number of anilines is 1. The van der Waals surface area contributed by atoms with Crippen LogP contribution in [0, 0.1) is 29.3 Å². The molecule has 8 heteroatoms. The first kappa shape index (κ1) is 15.1. The van der Waals surface area contributed by atoms with Crippen LogP contribution in [-0.2, 0) is 4.79 Å². The van der Waals surface area contributed by atoms with Crippen LogP contribution in [0.15, 0.2) is 12.1 Å². The average molecular weight is 302 g/mol. The van der Waals surface area contributed by atoms with E-state index < -0.39 is 41.1 Å². The van der Waals surface area contributed by atoms with Gasteiger partial charge in [-0.25, -0.2) is 18.0 Å². The monoisotopic (exact) mass is 302 g/mol. The summed E-state index contributed by atoms with van der Waals surface area (Å²) < 4.78 is 39.2. The summed E-state index contributed by atoms with van der Waals surface area (Å²) in [5.74, 6) is -5.72. The lowest BCUT2D eigenvalue weighted by atomic mass is 9.99. The molecule has 1 aliphatic heterocycles. The Morgan fingerprint density at radius 1 is 1.19 bits per heavy atom. The Morgan fingerprint density at radius 2 is 1.81 bits per heavy atom. The number of benzene rings is 1. The van der Waals surface area contributed by atoms with Crippen molar-refractivity contribution >= 4 is 17.7 Å². The molecule has 0 bridgehead atoms. The number of carbonyl (C=O) groups is 2. The van der Waals surface area contributed by atoms with E-state index in [1.807, 2.05) is 0 Å². The normalized spacial score (nSPS) is 21.4. The van der Waals surface area contributed by atoms with Gasteiger partial charge in [0.2, 0.25) is 0 Å². The van der Waals surface area contributed by atoms with Crippen LogP contribution in [0.2, 0.25) is 0 Å². The van der Waals surface area contributed by atoms with E-state index in [0.717, 1.165) is 0 Å². The van der Waals surface area contributed by atoms with Crippen molar-refractivity contribution in [2.45, 2.75) is 6.92 Å². The van der Waals surface area contributed by atoms with Gasteiger partial charge in [0, 0.05) is 25.2 Å². The smallest absolute Gasteiger partial charge is 0.321 e. The number of carbonyl (C=O) groups excluding carboxylic acids is 1. The first-order chi connectivity index (χ1) is 9.79. The highest BCUT2D eigenvalue weighted by Crippen LogP contribution is 2.25. The molecule has 0 radical (unpaired) electrons. The van der Waals surface area contributed by atoms with Gasteiger partial charge in [0.15, 0.2) is 11.6 Å². The van der Waals surface area contributed by atoms with Crippen LogP contribution in [0.3, 0.4) is 0 Å². The van der Waals surface area contributed by atoms with Crippen molar-refractivity contribution in [2.24, 2.45) is 11.8 Å². The molecule has 2 amide bonds. The number of carboxylic acids is 1. The average Bonchev–Trinajstić information content (AvgIpc) is 2.78. The van der Waals surface area contributed by atoms with E-state index >= 15 is 0 Å². The summed E-state index contributed by atoms with van der Waals surface area (Å²) in [6, 6.07) is 0.115. The predicted molar refractivity (Wildman–Crippen MR) is 67.2 cm³/mol. The van der Waals surface area contributed by atoms with Crippen molar-refractivity contribution in [3.63, 3.8) is 0 Å². The molecule has 0 aromatic heterocycles. The number of aliphatic carboxylic acids is 1. The van der Waals surface area contributed by atoms with Gasteiger partial charge in [0.05, 0.1) is 11.6 Å². The van der Waals surface area contributed by atoms with Gasteiger partial charge in [0.1, 0.15) is 5.82 Å². The molecule has 114 valence electrons. The number of amides is 2. The van der Waals surface area contributed by atoms with Gasteiger partial charge >= 0.3 is 12.0 Å². The number of likely N-dealkylation sites (tertiary alicyclic amines) is 1. The zero-order chi connectivity index (χ0) is 15.7. The minimum Gasteiger partial charge on any atom is -0.481 e. The van der Waals surface area contributed by atoms with Crippen LogP contribution in [0.4, 0.5) is 23.7 Å². The highest BCUT2D eigenvalue weighted by atomic mass is 19.2. The Balaban J connectivity index is 2.09. The van der Waals surface area contributed by atoms with E-state index in [9.17, 15) is 22.8 Å². The van der Waals surface area contributed by atoms with Crippen LogP contribution in [0.5, 0.6) is 0 Å². The zero-order valence-electron chi connectivity index (χ0n) is 11.1. The molecule has 1 fully saturated rings. The van der Waals surface area contributed by atoms with E-state index in [4.69, 9.17) is 5.11 Å². The highest BCUT2D eigenvalue weighted by molar-refractivity contribution is 5.90. The highest BCUT2D eigenvalue weighted by Gasteiger charge is 2.37. The summed E-state index contributed by atoms with van der Waals surface area (Å²) in [7, 11) is 0. The molecule has 1 saturated heterocycles. The van der Waals surface area contributed by atoms with Crippen molar-refractivity contribution in [1.82, 2.24) is 4.90 Å². The second kappa shape index (κ2) is 5.63. The van der Waals surface area contributed by atoms with E-state index in [1.165, 1.54) is 4.90 Å². The third-order valence-corrected chi connectivity index (χ3v) is 3.47. The molecule has 1 heterocycles. The second-order valence-electron chi connectivity index (χ2n) is 5.00. The largest absolute Gasteiger partial charge is 0.481 e. The van der Waals surface area contributed by atoms with Crippen molar-refractivity contribution < 1.29 is 27.9 Å². The lowest BCUT2D eigenvalue weighted by Crippen LogP contribution is -2.34. The Labute approximate surface area is 118 Å². The van der Waals surface area contributed by atoms with E-state index in [-0.39, 0.29) is 19.0 Å². The maximum Gasteiger partial charge on any atom is 0.321 e. The summed E-state index contributed by atoms with van der Waals surface area (Å²) >= 11 is 0. The van der Waals surface area contributed by atoms with Crippen LogP contribution in [0.1, 0.15) is 6.92 Å². The Hall–Kier alpha value is -2.25. The van der Waals surface area contributed by atoms with E-state index in [1.54, 1.807) is 6.92 Å². The van der Waals surface area contributed by atoms with Crippen molar-refractivity contribution in [3.05, 3.63) is 29.6 Å². The molecular weight excluding hydrogens is 289 g/mol. The Morgan fingerprint density at radius 3 is 2.38 bits per heavy atom. The number of urea groups is 1. The van der Waals surface area contributed by atoms with Crippen molar-refractivity contribution in [3.8, 4) is 0 Å². The molecule has 0 saturated carbocycles. The van der Waals surface area contributed by atoms with Gasteiger partial charge in [-0.2, -0.15) is 0 Å². The van der Waals surface area contributed by atoms with Crippen molar-refractivity contribution in [2.75, 3.05) is 18.4 Å². The topological polar surface area (TPSA) is 69.6 Å². The number of hydrogen-bond acceptors (Lipinski definition) is 2. The lowest BCUT2D eigenvalue weighted by Gasteiger charge is -2.17. The molecule has 0 unspecified atom stereocenters. The van der Waals surface area contributed by atoms with Crippen molar-refractivity contribution in [1.29, 1.82) is 0 Å². The van der Waals surface area contributed by atoms with Crippen LogP contribution in [0.25, 0.3) is 0 Å². The fraction of sp³-hybridized carbons (Fsp3) is 0.385. The minimum absolute atomic E-state index is 0.0202. The zero-order valence-corrected chi connectivity index (χ0v) is 11.1. The number of rotatable bonds is 2. The number of hydrogen-bond donors (Lipinski definition) is 2. The summed E-state index contributed by atoms with van der Waals surface area (Å²) in [4.78, 5) is 24.1. The first-order valence-corrected chi connectivity index (χ1v) is 6.23. The van der Waals surface area contributed by atoms with Gasteiger partial charge in [-0.3, -0.25) is 4.79 Å². The van der Waals surface area contributed by atoms with E-state index in [0.29, 0.717) is 12.1 Å². The molecule has 2 N–H and O–H groups in total. The van der Waals surface area contributed by atoms with Crippen LogP contribution >= 0.6 is 0 Å². The minimum atomic E-state index is -1.36. The number of halogens is 3. The SMILES string of the molecule is C[C@@H]1CN(C(=O)Nc2cc(F)c(F)cc2F)C[C@H]1C(=O)O. The number of nitrogens with zero attached hydrogens (tertiary/aromatic N) is 1. The Kier molecular flexibility index (Phi) is 4.06. The molecule has 2 rings (SSSR count). The maximum absolute atomic E-state index is 13.4. The maximum atomic E-state index is 13.4. The van der Waals surface area contributed by atoms with Gasteiger partial charge < -0.3 is 15.3 Å². The fourth-order valence-electron chi connectivity index (χ4n) is 2.27. The predicted octanol–water partition coefficient (Wildman–Crippen LogP) is 2.29. The van der Waals surface area contributed by atoms with Gasteiger partial charge in [-0.05, 0) is 5.92 Å². The van der Waals surface area contributed by atoms with Gasteiger partial charge in [-0.15, -0.1) is 0 Å². The summed E-state index contributed by atoms with van der Waals surface area (Å²) in [5.41, 5.74) is -0.495. The molecule has 1 aromatic carbocycles. The second-order valence-corrected chi connectivity index (χ2v) is 5.00. The van der Waals surface area contributed by atoms with Gasteiger partial charge in [0.25, 0.3) is 0 Å². The molecule has 1 aliphatic rings. The van der Waals surface area contributed by atoms with Gasteiger partial charge in [-0.1, -0.05) is 6.92 Å². The quantitative estimate of drug-likeness (QED) is 0.824. The standard InChI is InChI=1S/C13H13F3N2O3/c1-6-4-18(5-7(6)12(19)20)13(21)17-11-3-9(15)8(14)2-10(11)16/h2-3,6-7H,4-5H2,1H3,(H,17,21)(H,19,20)/t6-,7-/m1/s1. The summed E-state index contributed by atoms with van der Waals surface area (Å²) in [5, 5.41) is 11.1. The molecule has 2 atom stereocenters. The molecule has 0 spiro atoms. The molecule has 5 nitrogen and oxygen atoms in total. The fourth-order valence-corrected chi connectivity index (χ4v) is 2.27. The third kappa shape index (κ3) is 3.09. The summed E-state index contributed by atoms with van der Waals surface area (Å²) in [6.45, 7) is 1.85. The lowest BCUT2D eigenvalue weighted by molar-refractivity contribution is -0.142. The van der Waals surface area contributed by atoms with E-state index in [2.05, 4.69) is 5.32 Å². The molecule has 1 aromatic rings. The number of carboxylic acid groups (broad SMARTS) is 1. The van der Waals surface area contributed by atoms with Crippen LogP contribution < -0.4 is 5.32 Å². The molecule has 21 heavy (non-hydrogen) atoms. The first-order valence-electron chi connectivity index (χ1n) is 6.23. The van der Waals surface area contributed by atoms with Crippen LogP contribution in [-0.4, -0.2) is 35.1 Å². The summed E-state index contributed by atoms with van der Waals surface area (Å²) in [6.07, 6.45) is 0. The number of nitrogens with one attached hydrogen (secondary N) is 1. The molecule has 0 aliphatic carbocycles. The molecular formula is C13H13F3N2O3. The Bertz CT molecular complexity index is 594. The third-order valence-electron chi connectivity index (χ3n) is 3.47.